The fourth-order valence-electron chi connectivity index (χ4n) is 6.68. The zero-order valence-corrected chi connectivity index (χ0v) is 20.3. The van der Waals surface area contributed by atoms with Crippen molar-refractivity contribution in [3.05, 3.63) is 70.5 Å². The van der Waals surface area contributed by atoms with Crippen molar-refractivity contribution >= 4 is 0 Å². The second-order valence-electron chi connectivity index (χ2n) is 11.1. The van der Waals surface area contributed by atoms with Crippen molar-refractivity contribution in [2.75, 3.05) is 13.1 Å². The molecule has 2 nitrogen and oxygen atoms in total. The maximum absolute atomic E-state index is 13.1. The molecule has 32 heavy (non-hydrogen) atoms. The van der Waals surface area contributed by atoms with E-state index in [0.29, 0.717) is 18.3 Å². The monoisotopic (exact) mass is 437 g/mol. The van der Waals surface area contributed by atoms with Crippen LogP contribution in [0.3, 0.4) is 0 Å². The first-order valence-electron chi connectivity index (χ1n) is 12.5. The third-order valence-electron chi connectivity index (χ3n) is 8.55. The summed E-state index contributed by atoms with van der Waals surface area (Å²) in [5.74, 6) is 0.995. The molecule has 2 aliphatic rings. The topological polar surface area (TPSA) is 32.3 Å². The van der Waals surface area contributed by atoms with Crippen LogP contribution in [0.4, 0.5) is 4.39 Å². The number of fused-ring (bicyclic) bond motifs is 3. The smallest absolute Gasteiger partial charge is 0.123 e. The highest BCUT2D eigenvalue weighted by molar-refractivity contribution is 5.42. The van der Waals surface area contributed by atoms with E-state index in [2.05, 4.69) is 51.2 Å². The minimum absolute atomic E-state index is 0.255. The number of aliphatic hydroxyl groups excluding tert-OH is 1. The Hall–Kier alpha value is -1.71. The lowest BCUT2D eigenvalue weighted by Crippen LogP contribution is -2.52. The predicted octanol–water partition coefficient (Wildman–Crippen LogP) is 6.67. The van der Waals surface area contributed by atoms with E-state index in [9.17, 15) is 9.50 Å². The summed E-state index contributed by atoms with van der Waals surface area (Å²) in [6.07, 6.45) is 6.37. The molecule has 0 amide bonds. The SMILES string of the molecule is CC(C)c1ccc2c(c1)CCC1C(C)(CNCCC(O)c3ccc(F)cc3)CCCC21C. The quantitative estimate of drug-likeness (QED) is 0.474. The second kappa shape index (κ2) is 9.27. The molecule has 2 aromatic carbocycles. The Labute approximate surface area is 193 Å². The summed E-state index contributed by atoms with van der Waals surface area (Å²) in [5.41, 5.74) is 5.94. The molecule has 0 aliphatic heterocycles. The molecule has 0 bridgehead atoms. The van der Waals surface area contributed by atoms with Crippen molar-refractivity contribution in [1.29, 1.82) is 0 Å². The van der Waals surface area contributed by atoms with Crippen LogP contribution in [0.15, 0.2) is 42.5 Å². The first kappa shape index (κ1) is 23.4. The average Bonchev–Trinajstić information content (AvgIpc) is 2.76. The lowest BCUT2D eigenvalue weighted by Gasteiger charge is -2.55. The summed E-state index contributed by atoms with van der Waals surface area (Å²) in [6.45, 7) is 11.3. The van der Waals surface area contributed by atoms with Crippen LogP contribution in [-0.2, 0) is 11.8 Å². The number of nitrogens with one attached hydrogen (secondary N) is 1. The van der Waals surface area contributed by atoms with Gasteiger partial charge in [0.2, 0.25) is 0 Å². The molecule has 3 heteroatoms. The van der Waals surface area contributed by atoms with Gasteiger partial charge in [-0.1, -0.05) is 64.4 Å². The Morgan fingerprint density at radius 1 is 1.06 bits per heavy atom. The summed E-state index contributed by atoms with van der Waals surface area (Å²) < 4.78 is 13.1. The van der Waals surface area contributed by atoms with Crippen LogP contribution in [0.1, 0.15) is 94.1 Å². The van der Waals surface area contributed by atoms with Crippen LogP contribution in [0.5, 0.6) is 0 Å². The molecule has 1 saturated carbocycles. The summed E-state index contributed by atoms with van der Waals surface area (Å²) in [7, 11) is 0. The molecule has 4 atom stereocenters. The standard InChI is InChI=1S/C29H40FNO/c1-20(2)22-8-12-25-23(18-22)9-13-27-28(3,15-5-16-29(25,27)4)19-31-17-14-26(32)21-6-10-24(30)11-7-21/h6-8,10-12,18,20,26-27,31-32H,5,9,13-17,19H2,1-4H3. The first-order valence-corrected chi connectivity index (χ1v) is 12.5. The Morgan fingerprint density at radius 2 is 1.78 bits per heavy atom. The highest BCUT2D eigenvalue weighted by atomic mass is 19.1. The molecule has 174 valence electrons. The van der Waals surface area contributed by atoms with Gasteiger partial charge in [-0.15, -0.1) is 0 Å². The Morgan fingerprint density at radius 3 is 2.50 bits per heavy atom. The van der Waals surface area contributed by atoms with Crippen LogP contribution >= 0.6 is 0 Å². The number of aliphatic hydroxyl groups is 1. The average molecular weight is 438 g/mol. The third kappa shape index (κ3) is 4.52. The molecule has 0 saturated heterocycles. The third-order valence-corrected chi connectivity index (χ3v) is 8.55. The second-order valence-corrected chi connectivity index (χ2v) is 11.1. The largest absolute Gasteiger partial charge is 0.388 e. The number of aryl methyl sites for hydroxylation is 1. The Kier molecular flexibility index (Phi) is 6.79. The zero-order chi connectivity index (χ0) is 22.9. The summed E-state index contributed by atoms with van der Waals surface area (Å²) >= 11 is 0. The Balaban J connectivity index is 1.41. The Bertz CT molecular complexity index is 923. The van der Waals surface area contributed by atoms with Gasteiger partial charge in [0.15, 0.2) is 0 Å². The van der Waals surface area contributed by atoms with Crippen molar-refractivity contribution in [1.82, 2.24) is 5.32 Å². The molecule has 0 radical (unpaired) electrons. The molecule has 2 N–H and O–H groups in total. The van der Waals surface area contributed by atoms with E-state index in [1.165, 1.54) is 49.8 Å². The van der Waals surface area contributed by atoms with Gasteiger partial charge in [0, 0.05) is 6.54 Å². The van der Waals surface area contributed by atoms with Crippen molar-refractivity contribution in [3.8, 4) is 0 Å². The minimum atomic E-state index is -0.552. The number of hydrogen-bond acceptors (Lipinski definition) is 2. The van der Waals surface area contributed by atoms with Crippen LogP contribution in [-0.4, -0.2) is 18.2 Å². The van der Waals surface area contributed by atoms with Crippen molar-refractivity contribution in [2.24, 2.45) is 11.3 Å². The van der Waals surface area contributed by atoms with Crippen molar-refractivity contribution in [3.63, 3.8) is 0 Å². The van der Waals surface area contributed by atoms with Crippen LogP contribution in [0.2, 0.25) is 0 Å². The van der Waals surface area contributed by atoms with Crippen LogP contribution in [0.25, 0.3) is 0 Å². The number of rotatable bonds is 7. The molecular weight excluding hydrogens is 397 g/mol. The molecule has 0 heterocycles. The van der Waals surface area contributed by atoms with E-state index in [1.807, 2.05) is 0 Å². The van der Waals surface area contributed by atoms with E-state index in [1.54, 1.807) is 23.3 Å². The maximum Gasteiger partial charge on any atom is 0.123 e. The van der Waals surface area contributed by atoms with Crippen molar-refractivity contribution < 1.29 is 9.50 Å². The molecule has 1 fully saturated rings. The van der Waals surface area contributed by atoms with Gasteiger partial charge < -0.3 is 10.4 Å². The van der Waals surface area contributed by atoms with Gasteiger partial charge in [0.05, 0.1) is 6.10 Å². The van der Waals surface area contributed by atoms with Gasteiger partial charge in [-0.2, -0.15) is 0 Å². The van der Waals surface area contributed by atoms with Gasteiger partial charge in [-0.05, 0) is 95.7 Å². The number of benzene rings is 2. The molecule has 0 spiro atoms. The molecule has 4 unspecified atom stereocenters. The van der Waals surface area contributed by atoms with Gasteiger partial charge in [0.1, 0.15) is 5.82 Å². The van der Waals surface area contributed by atoms with E-state index in [4.69, 9.17) is 0 Å². The van der Waals surface area contributed by atoms with E-state index >= 15 is 0 Å². The van der Waals surface area contributed by atoms with Gasteiger partial charge in [-0.25, -0.2) is 4.39 Å². The van der Waals surface area contributed by atoms with Crippen molar-refractivity contribution in [2.45, 2.75) is 83.7 Å². The fourth-order valence-corrected chi connectivity index (χ4v) is 6.68. The zero-order valence-electron chi connectivity index (χ0n) is 20.3. The number of hydrogen-bond donors (Lipinski definition) is 2. The van der Waals surface area contributed by atoms with E-state index in [0.717, 1.165) is 18.7 Å². The molecule has 2 aliphatic carbocycles. The minimum Gasteiger partial charge on any atom is -0.388 e. The van der Waals surface area contributed by atoms with Gasteiger partial charge in [-0.3, -0.25) is 0 Å². The lowest BCUT2D eigenvalue weighted by atomic mass is 9.49. The van der Waals surface area contributed by atoms with E-state index < -0.39 is 6.10 Å². The molecule has 4 rings (SSSR count). The molecule has 2 aromatic rings. The first-order chi connectivity index (χ1) is 15.2. The summed E-state index contributed by atoms with van der Waals surface area (Å²) in [4.78, 5) is 0. The predicted molar refractivity (Wildman–Crippen MR) is 130 cm³/mol. The normalized spacial score (nSPS) is 28.3. The lowest BCUT2D eigenvalue weighted by molar-refractivity contribution is 0.0252. The van der Waals surface area contributed by atoms with Crippen LogP contribution < -0.4 is 5.32 Å². The fraction of sp³-hybridized carbons (Fsp3) is 0.586. The van der Waals surface area contributed by atoms with Gasteiger partial charge >= 0.3 is 0 Å². The molecular formula is C29H40FNO. The highest BCUT2D eigenvalue weighted by Crippen LogP contribution is 2.57. The van der Waals surface area contributed by atoms with Crippen LogP contribution in [0, 0.1) is 17.2 Å². The summed E-state index contributed by atoms with van der Waals surface area (Å²) in [6, 6.07) is 13.5. The highest BCUT2D eigenvalue weighted by Gasteiger charge is 2.51. The maximum atomic E-state index is 13.1. The number of halogens is 1. The molecule has 0 aromatic heterocycles. The van der Waals surface area contributed by atoms with E-state index in [-0.39, 0.29) is 16.6 Å². The van der Waals surface area contributed by atoms with Gasteiger partial charge in [0.25, 0.3) is 0 Å². The summed E-state index contributed by atoms with van der Waals surface area (Å²) in [5, 5.41) is 14.1.